The lowest BCUT2D eigenvalue weighted by Gasteiger charge is -2.32. The molecule has 1 atom stereocenters. The highest BCUT2D eigenvalue weighted by atomic mass is 16.7. The summed E-state index contributed by atoms with van der Waals surface area (Å²) in [5.41, 5.74) is 2.87. The molecule has 4 amide bonds. The summed E-state index contributed by atoms with van der Waals surface area (Å²) in [5, 5.41) is 5.32. The van der Waals surface area contributed by atoms with Gasteiger partial charge in [0.25, 0.3) is 5.91 Å². The summed E-state index contributed by atoms with van der Waals surface area (Å²) >= 11 is 0. The van der Waals surface area contributed by atoms with Crippen LogP contribution < -0.4 is 21.0 Å². The van der Waals surface area contributed by atoms with E-state index in [1.807, 2.05) is 27.7 Å². The van der Waals surface area contributed by atoms with Crippen molar-refractivity contribution >= 4 is 35.1 Å². The van der Waals surface area contributed by atoms with Crippen molar-refractivity contribution in [2.45, 2.75) is 72.8 Å². The minimum atomic E-state index is -0.799. The van der Waals surface area contributed by atoms with E-state index in [1.54, 1.807) is 36.1 Å². The standard InChI is InChI=1S/C27H40N4O6/c1-17(2)16-24(33)30-37-22-8-6-21(7-9-22)29-27(36)19(5)28-23(32)10-11-25(34)31-14-12-20(13-15-31)26(35)18(3)4/h6-9,17-20H,10-16H2,1-5H3,(H,28,32)(H,29,36)(H,30,33)/t19-/m0/s1. The summed E-state index contributed by atoms with van der Waals surface area (Å²) < 4.78 is 0. The summed E-state index contributed by atoms with van der Waals surface area (Å²) in [5.74, 6) is -0.257. The van der Waals surface area contributed by atoms with Crippen molar-refractivity contribution in [3.05, 3.63) is 24.3 Å². The molecule has 10 heteroatoms. The number of Topliss-reactive ketones (excluding diaryl/α,β-unsaturated/α-hetero) is 1. The molecule has 3 N–H and O–H groups in total. The Morgan fingerprint density at radius 2 is 1.54 bits per heavy atom. The van der Waals surface area contributed by atoms with Crippen LogP contribution in [0.25, 0.3) is 0 Å². The van der Waals surface area contributed by atoms with Crippen LogP contribution in [0.4, 0.5) is 5.69 Å². The maximum absolute atomic E-state index is 12.5. The van der Waals surface area contributed by atoms with E-state index >= 15 is 0 Å². The number of carbonyl (C=O) groups is 5. The van der Waals surface area contributed by atoms with Gasteiger partial charge in [0.2, 0.25) is 17.7 Å². The van der Waals surface area contributed by atoms with Crippen molar-refractivity contribution in [2.75, 3.05) is 18.4 Å². The Balaban J connectivity index is 1.70. The van der Waals surface area contributed by atoms with Crippen molar-refractivity contribution in [3.63, 3.8) is 0 Å². The van der Waals surface area contributed by atoms with Gasteiger partial charge in [0.1, 0.15) is 11.8 Å². The molecule has 0 spiro atoms. The zero-order valence-electron chi connectivity index (χ0n) is 22.5. The molecule has 0 bridgehead atoms. The Hall–Kier alpha value is -3.43. The number of rotatable bonds is 12. The maximum atomic E-state index is 12.5. The molecule has 1 aromatic carbocycles. The normalized spacial score (nSPS) is 14.7. The Morgan fingerprint density at radius 1 is 0.919 bits per heavy atom. The molecule has 0 saturated carbocycles. The average molecular weight is 517 g/mol. The van der Waals surface area contributed by atoms with Crippen molar-refractivity contribution in [3.8, 4) is 5.75 Å². The number of amides is 4. The van der Waals surface area contributed by atoms with E-state index in [-0.39, 0.29) is 54.1 Å². The number of hydrogen-bond donors (Lipinski definition) is 3. The molecule has 0 aromatic heterocycles. The molecular weight excluding hydrogens is 476 g/mol. The zero-order chi connectivity index (χ0) is 27.5. The lowest BCUT2D eigenvalue weighted by atomic mass is 9.87. The first-order valence-corrected chi connectivity index (χ1v) is 12.9. The fourth-order valence-electron chi connectivity index (χ4n) is 4.03. The van der Waals surface area contributed by atoms with E-state index in [1.165, 1.54) is 0 Å². The lowest BCUT2D eigenvalue weighted by molar-refractivity contribution is -0.137. The third-order valence-electron chi connectivity index (χ3n) is 6.15. The largest absolute Gasteiger partial charge is 0.380 e. The number of anilines is 1. The van der Waals surface area contributed by atoms with Gasteiger partial charge in [-0.15, -0.1) is 0 Å². The summed E-state index contributed by atoms with van der Waals surface area (Å²) in [6.45, 7) is 10.3. The first kappa shape index (κ1) is 29.8. The van der Waals surface area contributed by atoms with Gasteiger partial charge < -0.3 is 20.4 Å². The number of benzene rings is 1. The lowest BCUT2D eigenvalue weighted by Crippen LogP contribution is -2.43. The van der Waals surface area contributed by atoms with Gasteiger partial charge in [0.05, 0.1) is 0 Å². The molecule has 1 aliphatic rings. The van der Waals surface area contributed by atoms with Gasteiger partial charge in [-0.05, 0) is 49.9 Å². The van der Waals surface area contributed by atoms with Crippen molar-refractivity contribution < 1.29 is 28.8 Å². The van der Waals surface area contributed by atoms with E-state index in [4.69, 9.17) is 4.84 Å². The van der Waals surface area contributed by atoms with Crippen LogP contribution in [0, 0.1) is 17.8 Å². The molecule has 1 aliphatic heterocycles. The number of likely N-dealkylation sites (tertiary alicyclic amines) is 1. The van der Waals surface area contributed by atoms with Gasteiger partial charge in [-0.25, -0.2) is 0 Å². The smallest absolute Gasteiger partial charge is 0.252 e. The molecule has 1 heterocycles. The molecule has 10 nitrogen and oxygen atoms in total. The second-order valence-corrected chi connectivity index (χ2v) is 10.2. The van der Waals surface area contributed by atoms with Crippen LogP contribution in [0.15, 0.2) is 24.3 Å². The Kier molecular flexibility index (Phi) is 11.6. The van der Waals surface area contributed by atoms with Crippen LogP contribution in [0.5, 0.6) is 5.75 Å². The summed E-state index contributed by atoms with van der Waals surface area (Å²) in [6.07, 6.45) is 1.71. The van der Waals surface area contributed by atoms with E-state index in [0.29, 0.717) is 43.8 Å². The number of hydroxylamine groups is 1. The highest BCUT2D eigenvalue weighted by Gasteiger charge is 2.28. The number of piperidine rings is 1. The van der Waals surface area contributed by atoms with Crippen LogP contribution in [0.2, 0.25) is 0 Å². The highest BCUT2D eigenvalue weighted by Crippen LogP contribution is 2.22. The van der Waals surface area contributed by atoms with E-state index < -0.39 is 11.9 Å². The molecular formula is C27H40N4O6. The number of carbonyl (C=O) groups excluding carboxylic acids is 5. The fraction of sp³-hybridized carbons (Fsp3) is 0.593. The number of ketones is 1. The van der Waals surface area contributed by atoms with E-state index in [9.17, 15) is 24.0 Å². The predicted octanol–water partition coefficient (Wildman–Crippen LogP) is 2.83. The monoisotopic (exact) mass is 516 g/mol. The van der Waals surface area contributed by atoms with Crippen molar-refractivity contribution in [2.24, 2.45) is 17.8 Å². The number of hydrogen-bond acceptors (Lipinski definition) is 6. The SMILES string of the molecule is CC(C)CC(=O)NOc1ccc(NC(=O)[C@H](C)NC(=O)CCC(=O)N2CCC(C(=O)C(C)C)CC2)cc1. The minimum Gasteiger partial charge on any atom is -0.380 e. The van der Waals surface area contributed by atoms with Crippen molar-refractivity contribution in [1.29, 1.82) is 0 Å². The maximum Gasteiger partial charge on any atom is 0.252 e. The Labute approximate surface area is 218 Å². The Bertz CT molecular complexity index is 952. The number of nitrogens with one attached hydrogen (secondary N) is 3. The van der Waals surface area contributed by atoms with Gasteiger partial charge >= 0.3 is 0 Å². The first-order chi connectivity index (χ1) is 17.5. The van der Waals surface area contributed by atoms with Crippen LogP contribution in [0.3, 0.4) is 0 Å². The zero-order valence-corrected chi connectivity index (χ0v) is 22.5. The quantitative estimate of drug-likeness (QED) is 0.366. The number of nitrogens with zero attached hydrogens (tertiary/aromatic N) is 1. The topological polar surface area (TPSA) is 134 Å². The van der Waals surface area contributed by atoms with Gasteiger partial charge in [-0.3, -0.25) is 24.0 Å². The molecule has 37 heavy (non-hydrogen) atoms. The molecule has 1 fully saturated rings. The summed E-state index contributed by atoms with van der Waals surface area (Å²) in [6, 6.07) is 5.63. The van der Waals surface area contributed by atoms with Gasteiger partial charge in [0, 0.05) is 49.9 Å². The Morgan fingerprint density at radius 3 is 2.11 bits per heavy atom. The molecule has 1 aromatic rings. The predicted molar refractivity (Wildman–Crippen MR) is 139 cm³/mol. The molecule has 0 unspecified atom stereocenters. The second kappa shape index (κ2) is 14.3. The van der Waals surface area contributed by atoms with E-state index in [0.717, 1.165) is 0 Å². The minimum absolute atomic E-state index is 0.00262. The average Bonchev–Trinajstić information content (AvgIpc) is 2.86. The van der Waals surface area contributed by atoms with Crippen LogP contribution in [0.1, 0.15) is 66.7 Å². The molecule has 1 saturated heterocycles. The third kappa shape index (κ3) is 10.2. The summed E-state index contributed by atoms with van der Waals surface area (Å²) in [4.78, 5) is 68.0. The van der Waals surface area contributed by atoms with E-state index in [2.05, 4.69) is 16.1 Å². The van der Waals surface area contributed by atoms with Gasteiger partial charge in [0.15, 0.2) is 5.75 Å². The van der Waals surface area contributed by atoms with Crippen LogP contribution >= 0.6 is 0 Å². The van der Waals surface area contributed by atoms with Gasteiger partial charge in [-0.2, -0.15) is 5.48 Å². The second-order valence-electron chi connectivity index (χ2n) is 10.2. The van der Waals surface area contributed by atoms with Gasteiger partial charge in [-0.1, -0.05) is 27.7 Å². The van der Waals surface area contributed by atoms with Crippen molar-refractivity contribution in [1.82, 2.24) is 15.7 Å². The van der Waals surface area contributed by atoms with Crippen LogP contribution in [-0.4, -0.2) is 53.4 Å². The molecule has 0 aliphatic carbocycles. The highest BCUT2D eigenvalue weighted by molar-refractivity contribution is 5.97. The first-order valence-electron chi connectivity index (χ1n) is 12.9. The molecule has 0 radical (unpaired) electrons. The fourth-order valence-corrected chi connectivity index (χ4v) is 4.03. The molecule has 2 rings (SSSR count). The summed E-state index contributed by atoms with van der Waals surface area (Å²) in [7, 11) is 0. The third-order valence-corrected chi connectivity index (χ3v) is 6.15. The van der Waals surface area contributed by atoms with Crippen LogP contribution in [-0.2, 0) is 24.0 Å². The molecule has 204 valence electrons.